The van der Waals surface area contributed by atoms with Gasteiger partial charge in [-0.2, -0.15) is 13.2 Å². The number of nitrogens with zero attached hydrogens (tertiary/aromatic N) is 2. The van der Waals surface area contributed by atoms with Crippen LogP contribution in [0.1, 0.15) is 54.4 Å². The van der Waals surface area contributed by atoms with Gasteiger partial charge in [0.2, 0.25) is 5.91 Å². The minimum absolute atomic E-state index is 0.123. The van der Waals surface area contributed by atoms with Crippen molar-refractivity contribution in [1.82, 2.24) is 10.2 Å². The summed E-state index contributed by atoms with van der Waals surface area (Å²) in [6.45, 7) is 2.18. The van der Waals surface area contributed by atoms with E-state index in [4.69, 9.17) is 4.99 Å². The standard InChI is InChI=1S/C25H26F3N3O2/c1-17-7-3-4-8-19(17)15-29-21(32)16-31-23(33)22(30-24(31)13-5-2-6-14-24)18-9-11-20(12-10-18)25(26,27)28/h3-4,7-12H,2,5-6,13-16H2,1H3,(H,29,32). The number of rotatable bonds is 5. The Morgan fingerprint density at radius 1 is 1.06 bits per heavy atom. The first-order valence-corrected chi connectivity index (χ1v) is 11.1. The lowest BCUT2D eigenvalue weighted by atomic mass is 9.88. The van der Waals surface area contributed by atoms with Crippen molar-refractivity contribution in [3.63, 3.8) is 0 Å². The van der Waals surface area contributed by atoms with E-state index in [1.54, 1.807) is 0 Å². The number of carbonyl (C=O) groups excluding carboxylic acids is 2. The first-order valence-electron chi connectivity index (χ1n) is 11.1. The van der Waals surface area contributed by atoms with Gasteiger partial charge in [-0.05, 0) is 55.9 Å². The summed E-state index contributed by atoms with van der Waals surface area (Å²) in [7, 11) is 0. The number of halogens is 3. The molecule has 1 spiro atoms. The van der Waals surface area contributed by atoms with Gasteiger partial charge in [-0.25, -0.2) is 0 Å². The van der Waals surface area contributed by atoms with E-state index in [-0.39, 0.29) is 18.2 Å². The summed E-state index contributed by atoms with van der Waals surface area (Å²) in [6.07, 6.45) is -0.418. The quantitative estimate of drug-likeness (QED) is 0.712. The smallest absolute Gasteiger partial charge is 0.350 e. The fourth-order valence-corrected chi connectivity index (χ4v) is 4.56. The van der Waals surface area contributed by atoms with Crippen LogP contribution in [0.2, 0.25) is 0 Å². The highest BCUT2D eigenvalue weighted by Crippen LogP contribution is 2.39. The molecule has 1 N–H and O–H groups in total. The van der Waals surface area contributed by atoms with Crippen molar-refractivity contribution in [1.29, 1.82) is 0 Å². The Labute approximate surface area is 190 Å². The second-order valence-electron chi connectivity index (χ2n) is 8.67. The van der Waals surface area contributed by atoms with Crippen molar-refractivity contribution in [2.24, 2.45) is 4.99 Å². The van der Waals surface area contributed by atoms with E-state index >= 15 is 0 Å². The Morgan fingerprint density at radius 3 is 2.36 bits per heavy atom. The predicted octanol–water partition coefficient (Wildman–Crippen LogP) is 4.62. The highest BCUT2D eigenvalue weighted by atomic mass is 19.4. The summed E-state index contributed by atoms with van der Waals surface area (Å²) in [5.74, 6) is -0.705. The van der Waals surface area contributed by atoms with E-state index < -0.39 is 23.3 Å². The third-order valence-electron chi connectivity index (χ3n) is 6.45. The average Bonchev–Trinajstić information content (AvgIpc) is 3.04. The molecule has 0 radical (unpaired) electrons. The number of aliphatic imine (C=N–C) groups is 1. The first kappa shape index (κ1) is 23.0. The number of benzene rings is 2. The molecule has 174 valence electrons. The van der Waals surface area contributed by atoms with Crippen molar-refractivity contribution in [2.75, 3.05) is 6.54 Å². The molecule has 33 heavy (non-hydrogen) atoms. The maximum atomic E-state index is 13.3. The molecule has 1 aliphatic carbocycles. The number of amides is 2. The van der Waals surface area contributed by atoms with Crippen molar-refractivity contribution in [3.8, 4) is 0 Å². The number of carbonyl (C=O) groups is 2. The molecule has 0 unspecified atom stereocenters. The summed E-state index contributed by atoms with van der Waals surface area (Å²) in [6, 6.07) is 12.2. The molecule has 0 saturated heterocycles. The highest BCUT2D eigenvalue weighted by molar-refractivity contribution is 6.47. The van der Waals surface area contributed by atoms with Crippen LogP contribution >= 0.6 is 0 Å². The third kappa shape index (κ3) is 4.79. The van der Waals surface area contributed by atoms with Gasteiger partial charge in [-0.3, -0.25) is 14.6 Å². The van der Waals surface area contributed by atoms with Gasteiger partial charge < -0.3 is 10.2 Å². The molecule has 0 aromatic heterocycles. The topological polar surface area (TPSA) is 61.8 Å². The summed E-state index contributed by atoms with van der Waals surface area (Å²) in [5, 5.41) is 2.88. The van der Waals surface area contributed by atoms with Crippen molar-refractivity contribution < 1.29 is 22.8 Å². The molecule has 2 amide bonds. The van der Waals surface area contributed by atoms with Gasteiger partial charge in [0.1, 0.15) is 17.9 Å². The van der Waals surface area contributed by atoms with Gasteiger partial charge >= 0.3 is 6.18 Å². The summed E-state index contributed by atoms with van der Waals surface area (Å²) >= 11 is 0. The Hall–Kier alpha value is -3.16. The molecule has 2 aliphatic rings. The maximum Gasteiger partial charge on any atom is 0.416 e. The molecule has 8 heteroatoms. The van der Waals surface area contributed by atoms with Gasteiger partial charge in [0.25, 0.3) is 5.91 Å². The monoisotopic (exact) mass is 457 g/mol. The average molecular weight is 457 g/mol. The van der Waals surface area contributed by atoms with Crippen LogP contribution in [-0.4, -0.2) is 34.6 Å². The van der Waals surface area contributed by atoms with E-state index in [1.807, 2.05) is 31.2 Å². The van der Waals surface area contributed by atoms with Crippen LogP contribution in [0.4, 0.5) is 13.2 Å². The van der Waals surface area contributed by atoms with Crippen molar-refractivity contribution in [3.05, 3.63) is 70.8 Å². The molecule has 2 aromatic rings. The van der Waals surface area contributed by atoms with E-state index in [1.165, 1.54) is 17.0 Å². The van der Waals surface area contributed by atoms with Crippen LogP contribution in [-0.2, 0) is 22.3 Å². The van der Waals surface area contributed by atoms with Crippen LogP contribution in [0.15, 0.2) is 53.5 Å². The van der Waals surface area contributed by atoms with Crippen LogP contribution in [0.25, 0.3) is 0 Å². The summed E-state index contributed by atoms with van der Waals surface area (Å²) in [5.41, 5.74) is 0.919. The zero-order valence-corrected chi connectivity index (χ0v) is 18.4. The molecular weight excluding hydrogens is 431 g/mol. The molecule has 2 aromatic carbocycles. The Morgan fingerprint density at radius 2 is 1.73 bits per heavy atom. The number of hydrogen-bond donors (Lipinski definition) is 1. The van der Waals surface area contributed by atoms with Gasteiger partial charge in [0.05, 0.1) is 5.56 Å². The largest absolute Gasteiger partial charge is 0.416 e. The minimum Gasteiger partial charge on any atom is -0.350 e. The Kier molecular flexibility index (Phi) is 6.28. The van der Waals surface area contributed by atoms with E-state index in [2.05, 4.69) is 5.32 Å². The molecule has 1 heterocycles. The lowest BCUT2D eigenvalue weighted by molar-refractivity contribution is -0.137. The van der Waals surface area contributed by atoms with E-state index in [0.29, 0.717) is 24.9 Å². The number of aryl methyl sites for hydroxylation is 1. The highest BCUT2D eigenvalue weighted by Gasteiger charge is 2.48. The fraction of sp³-hybridized carbons (Fsp3) is 0.400. The molecule has 0 atom stereocenters. The Bertz CT molecular complexity index is 1070. The van der Waals surface area contributed by atoms with Crippen LogP contribution in [0.5, 0.6) is 0 Å². The minimum atomic E-state index is -4.45. The van der Waals surface area contributed by atoms with Crippen molar-refractivity contribution in [2.45, 2.75) is 57.4 Å². The van der Waals surface area contributed by atoms with Gasteiger partial charge in [0.15, 0.2) is 0 Å². The van der Waals surface area contributed by atoms with Crippen LogP contribution in [0.3, 0.4) is 0 Å². The van der Waals surface area contributed by atoms with E-state index in [0.717, 1.165) is 42.5 Å². The zero-order valence-electron chi connectivity index (χ0n) is 18.4. The molecule has 1 saturated carbocycles. The summed E-state index contributed by atoms with van der Waals surface area (Å²) < 4.78 is 38.8. The lowest BCUT2D eigenvalue weighted by Gasteiger charge is -2.38. The lowest BCUT2D eigenvalue weighted by Crippen LogP contribution is -2.52. The molecular formula is C25H26F3N3O2. The first-order chi connectivity index (χ1) is 15.7. The number of alkyl halides is 3. The van der Waals surface area contributed by atoms with Gasteiger partial charge in [-0.1, -0.05) is 42.8 Å². The third-order valence-corrected chi connectivity index (χ3v) is 6.45. The maximum absolute atomic E-state index is 13.3. The second kappa shape index (κ2) is 9.00. The number of hydrogen-bond acceptors (Lipinski definition) is 3. The van der Waals surface area contributed by atoms with E-state index in [9.17, 15) is 22.8 Å². The van der Waals surface area contributed by atoms with Crippen LogP contribution < -0.4 is 5.32 Å². The fourth-order valence-electron chi connectivity index (χ4n) is 4.56. The summed E-state index contributed by atoms with van der Waals surface area (Å²) in [4.78, 5) is 32.3. The van der Waals surface area contributed by atoms with Gasteiger partial charge in [0, 0.05) is 12.1 Å². The second-order valence-corrected chi connectivity index (χ2v) is 8.67. The molecule has 1 fully saturated rings. The van der Waals surface area contributed by atoms with Crippen LogP contribution in [0, 0.1) is 6.92 Å². The number of nitrogens with one attached hydrogen (secondary N) is 1. The molecule has 5 nitrogen and oxygen atoms in total. The zero-order chi connectivity index (χ0) is 23.6. The normalized spacial score (nSPS) is 17.9. The Balaban J connectivity index is 1.53. The van der Waals surface area contributed by atoms with Gasteiger partial charge in [-0.15, -0.1) is 0 Å². The predicted molar refractivity (Wildman–Crippen MR) is 119 cm³/mol. The molecule has 1 aliphatic heterocycles. The molecule has 0 bridgehead atoms. The SMILES string of the molecule is Cc1ccccc1CNC(=O)CN1C(=O)C(c2ccc(C(F)(F)F)cc2)=NC12CCCCC2. The van der Waals surface area contributed by atoms with Crippen molar-refractivity contribution >= 4 is 17.5 Å². The molecule has 4 rings (SSSR count).